The van der Waals surface area contributed by atoms with E-state index in [-0.39, 0.29) is 48.2 Å². The second kappa shape index (κ2) is 9.03. The molecule has 0 atom stereocenters. The van der Waals surface area contributed by atoms with Gasteiger partial charge in [-0.15, -0.1) is 0 Å². The van der Waals surface area contributed by atoms with Gasteiger partial charge in [-0.3, -0.25) is 4.79 Å². The number of rotatable bonds is 5. The molecule has 12 heteroatoms. The number of carbonyl (C=O) groups is 1. The summed E-state index contributed by atoms with van der Waals surface area (Å²) in [6.45, 7) is 0.763. The van der Waals surface area contributed by atoms with Crippen LogP contribution in [0.5, 0.6) is 5.75 Å². The van der Waals surface area contributed by atoms with Gasteiger partial charge >= 0.3 is 6.18 Å². The average molecular weight is 479 g/mol. The zero-order chi connectivity index (χ0) is 22.8. The van der Waals surface area contributed by atoms with Crippen LogP contribution in [0.2, 0.25) is 5.02 Å². The standard InChI is InChI=1S/C19H18ClF3N2O5S/c1-29-16-5-2-12(10-17(16)31(27,28)25-6-8-30-9-7-25)18(26)24-13-3-4-15(20)14(11-13)19(21,22)23/h2-5,10-11H,6-9H2,1H3,(H,24,26). The van der Waals surface area contributed by atoms with Gasteiger partial charge in [0.2, 0.25) is 10.0 Å². The third kappa shape index (κ3) is 5.12. The monoisotopic (exact) mass is 478 g/mol. The lowest BCUT2D eigenvalue weighted by atomic mass is 10.1. The van der Waals surface area contributed by atoms with Crippen molar-refractivity contribution < 1.29 is 35.9 Å². The van der Waals surface area contributed by atoms with Crippen molar-refractivity contribution in [3.63, 3.8) is 0 Å². The molecule has 168 valence electrons. The largest absolute Gasteiger partial charge is 0.495 e. The molecule has 1 N–H and O–H groups in total. The predicted octanol–water partition coefficient (Wildman–Crippen LogP) is 3.64. The van der Waals surface area contributed by atoms with Crippen molar-refractivity contribution in [3.8, 4) is 5.75 Å². The fourth-order valence-corrected chi connectivity index (χ4v) is 4.78. The number of halogens is 4. The molecule has 0 spiro atoms. The Bertz CT molecular complexity index is 1090. The third-order valence-corrected chi connectivity index (χ3v) is 6.79. The van der Waals surface area contributed by atoms with Crippen LogP contribution in [0.15, 0.2) is 41.3 Å². The number of methoxy groups -OCH3 is 1. The van der Waals surface area contributed by atoms with Crippen LogP contribution in [-0.4, -0.2) is 52.0 Å². The Balaban J connectivity index is 1.92. The molecule has 0 aliphatic carbocycles. The van der Waals surface area contributed by atoms with Crippen LogP contribution >= 0.6 is 11.6 Å². The minimum atomic E-state index is -4.70. The molecule has 1 heterocycles. The highest BCUT2D eigenvalue weighted by Crippen LogP contribution is 2.36. The van der Waals surface area contributed by atoms with Gasteiger partial charge in [-0.05, 0) is 36.4 Å². The molecular weight excluding hydrogens is 461 g/mol. The second-order valence-corrected chi connectivity index (χ2v) is 8.84. The lowest BCUT2D eigenvalue weighted by Gasteiger charge is -2.26. The van der Waals surface area contributed by atoms with Crippen LogP contribution in [0.1, 0.15) is 15.9 Å². The summed E-state index contributed by atoms with van der Waals surface area (Å²) in [6.07, 6.45) is -4.70. The molecule has 1 aliphatic heterocycles. The number of carbonyl (C=O) groups excluding carboxylic acids is 1. The number of nitrogens with zero attached hydrogens (tertiary/aromatic N) is 1. The van der Waals surface area contributed by atoms with Crippen LogP contribution in [0.3, 0.4) is 0 Å². The van der Waals surface area contributed by atoms with Crippen molar-refractivity contribution >= 4 is 33.2 Å². The van der Waals surface area contributed by atoms with Crippen molar-refractivity contribution in [1.29, 1.82) is 0 Å². The molecule has 0 saturated carbocycles. The van der Waals surface area contributed by atoms with Crippen molar-refractivity contribution in [3.05, 3.63) is 52.5 Å². The summed E-state index contributed by atoms with van der Waals surface area (Å²) in [5.74, 6) is -0.759. The van der Waals surface area contributed by atoms with Crippen LogP contribution in [0, 0.1) is 0 Å². The van der Waals surface area contributed by atoms with E-state index in [2.05, 4.69) is 5.32 Å². The Morgan fingerprint density at radius 1 is 1.16 bits per heavy atom. The molecule has 0 unspecified atom stereocenters. The van der Waals surface area contributed by atoms with Gasteiger partial charge in [-0.2, -0.15) is 17.5 Å². The Kier molecular flexibility index (Phi) is 6.79. The summed E-state index contributed by atoms with van der Waals surface area (Å²) in [7, 11) is -2.69. The highest BCUT2D eigenvalue weighted by Gasteiger charge is 2.34. The van der Waals surface area contributed by atoms with Crippen LogP contribution in [-0.2, 0) is 20.9 Å². The lowest BCUT2D eigenvalue weighted by Crippen LogP contribution is -2.40. The first kappa shape index (κ1) is 23.3. The normalized spacial score (nSPS) is 15.5. The Morgan fingerprint density at radius 3 is 2.45 bits per heavy atom. The van der Waals surface area contributed by atoms with Gasteiger partial charge in [-0.25, -0.2) is 8.42 Å². The summed E-state index contributed by atoms with van der Waals surface area (Å²) in [6, 6.07) is 6.68. The van der Waals surface area contributed by atoms with Gasteiger partial charge < -0.3 is 14.8 Å². The number of hydrogen-bond donors (Lipinski definition) is 1. The van der Waals surface area contributed by atoms with Crippen molar-refractivity contribution in [2.75, 3.05) is 38.7 Å². The Hall–Kier alpha value is -2.34. The zero-order valence-corrected chi connectivity index (χ0v) is 17.8. The van der Waals surface area contributed by atoms with Crippen LogP contribution in [0.25, 0.3) is 0 Å². The number of amides is 1. The second-order valence-electron chi connectivity index (χ2n) is 6.53. The molecule has 0 aromatic heterocycles. The number of hydrogen-bond acceptors (Lipinski definition) is 5. The Labute approximate surface area is 181 Å². The third-order valence-electron chi connectivity index (χ3n) is 4.54. The first-order valence-corrected chi connectivity index (χ1v) is 10.8. The topological polar surface area (TPSA) is 84.9 Å². The summed E-state index contributed by atoms with van der Waals surface area (Å²) in [5, 5.41) is 1.82. The molecule has 1 aliphatic rings. The molecule has 2 aromatic carbocycles. The van der Waals surface area contributed by atoms with Gasteiger partial charge in [0.05, 0.1) is 30.9 Å². The van der Waals surface area contributed by atoms with Gasteiger partial charge in [-0.1, -0.05) is 11.6 Å². The van der Waals surface area contributed by atoms with E-state index in [0.717, 1.165) is 12.1 Å². The zero-order valence-electron chi connectivity index (χ0n) is 16.2. The minimum absolute atomic E-state index is 0.0360. The molecule has 1 amide bonds. The summed E-state index contributed by atoms with van der Waals surface area (Å²) >= 11 is 5.59. The molecular formula is C19H18ClF3N2O5S. The van der Waals surface area contributed by atoms with Crippen molar-refractivity contribution in [2.24, 2.45) is 0 Å². The maximum absolute atomic E-state index is 13.0. The van der Waals surface area contributed by atoms with Gasteiger partial charge in [0.1, 0.15) is 10.6 Å². The van der Waals surface area contributed by atoms with E-state index in [1.165, 1.54) is 29.6 Å². The number of benzene rings is 2. The quantitative estimate of drug-likeness (QED) is 0.709. The molecule has 0 bridgehead atoms. The van der Waals surface area contributed by atoms with E-state index in [0.29, 0.717) is 6.07 Å². The maximum atomic E-state index is 13.0. The average Bonchev–Trinajstić information content (AvgIpc) is 2.74. The highest BCUT2D eigenvalue weighted by atomic mass is 35.5. The summed E-state index contributed by atoms with van der Waals surface area (Å²) in [5.41, 5.74) is -1.32. The predicted molar refractivity (Wildman–Crippen MR) is 107 cm³/mol. The first-order chi connectivity index (χ1) is 14.5. The molecule has 31 heavy (non-hydrogen) atoms. The van der Waals surface area contributed by atoms with Gasteiger partial charge in [0, 0.05) is 24.3 Å². The van der Waals surface area contributed by atoms with E-state index >= 15 is 0 Å². The fraction of sp³-hybridized carbons (Fsp3) is 0.316. The van der Waals surface area contributed by atoms with Crippen LogP contribution in [0.4, 0.5) is 18.9 Å². The molecule has 7 nitrogen and oxygen atoms in total. The summed E-state index contributed by atoms with van der Waals surface area (Å²) < 4.78 is 76.7. The van der Waals surface area contributed by atoms with E-state index in [1.807, 2.05) is 0 Å². The minimum Gasteiger partial charge on any atom is -0.495 e. The number of morpholine rings is 1. The number of ether oxygens (including phenoxy) is 2. The number of anilines is 1. The summed E-state index contributed by atoms with van der Waals surface area (Å²) in [4.78, 5) is 12.4. The van der Waals surface area contributed by atoms with E-state index in [1.54, 1.807) is 0 Å². The molecule has 3 rings (SSSR count). The molecule has 0 radical (unpaired) electrons. The number of nitrogens with one attached hydrogen (secondary N) is 1. The van der Waals surface area contributed by atoms with Crippen molar-refractivity contribution in [1.82, 2.24) is 4.31 Å². The molecule has 1 fully saturated rings. The van der Waals surface area contributed by atoms with Crippen LogP contribution < -0.4 is 10.1 Å². The smallest absolute Gasteiger partial charge is 0.417 e. The van der Waals surface area contributed by atoms with E-state index < -0.39 is 32.7 Å². The van der Waals surface area contributed by atoms with E-state index in [9.17, 15) is 26.4 Å². The van der Waals surface area contributed by atoms with Crippen molar-refractivity contribution in [2.45, 2.75) is 11.1 Å². The van der Waals surface area contributed by atoms with E-state index in [4.69, 9.17) is 21.1 Å². The Morgan fingerprint density at radius 2 is 1.84 bits per heavy atom. The molecule has 2 aromatic rings. The number of sulfonamides is 1. The SMILES string of the molecule is COc1ccc(C(=O)Nc2ccc(Cl)c(C(F)(F)F)c2)cc1S(=O)(=O)N1CCOCC1. The first-order valence-electron chi connectivity index (χ1n) is 8.98. The maximum Gasteiger partial charge on any atom is 0.417 e. The highest BCUT2D eigenvalue weighted by molar-refractivity contribution is 7.89. The number of alkyl halides is 3. The lowest BCUT2D eigenvalue weighted by molar-refractivity contribution is -0.137. The fourth-order valence-electron chi connectivity index (χ4n) is 2.97. The molecule has 1 saturated heterocycles. The van der Waals surface area contributed by atoms with Gasteiger partial charge in [0.15, 0.2) is 0 Å². The van der Waals surface area contributed by atoms with Gasteiger partial charge in [0.25, 0.3) is 5.91 Å².